The molecular weight excluding hydrogens is 244 g/mol. The summed E-state index contributed by atoms with van der Waals surface area (Å²) in [5.41, 5.74) is 0. The van der Waals surface area contributed by atoms with Crippen LogP contribution in [0.1, 0.15) is 5.01 Å². The average molecular weight is 252 g/mol. The molecular formula is C9H8N4O3S. The molecule has 0 unspecified atom stereocenters. The highest BCUT2D eigenvalue weighted by atomic mass is 32.1. The third-order valence-corrected chi connectivity index (χ3v) is 2.73. The van der Waals surface area contributed by atoms with Gasteiger partial charge < -0.3 is 0 Å². The first kappa shape index (κ1) is 11.4. The number of anilines is 1. The average Bonchev–Trinajstić information content (AvgIpc) is 2.79. The van der Waals surface area contributed by atoms with E-state index in [1.54, 1.807) is 6.92 Å². The number of hydrogen-bond acceptors (Lipinski definition) is 6. The Balaban J connectivity index is 1.94. The minimum Gasteiger partial charge on any atom is -0.299 e. The van der Waals surface area contributed by atoms with Crippen molar-refractivity contribution in [1.82, 2.24) is 15.1 Å². The van der Waals surface area contributed by atoms with Gasteiger partial charge in [-0.25, -0.2) is 0 Å². The monoisotopic (exact) mass is 252 g/mol. The van der Waals surface area contributed by atoms with E-state index in [1.807, 2.05) is 0 Å². The summed E-state index contributed by atoms with van der Waals surface area (Å²) in [6, 6.07) is 0. The van der Waals surface area contributed by atoms with Crippen LogP contribution in [0.4, 0.5) is 5.13 Å². The molecule has 0 bridgehead atoms. The molecule has 3 amide bonds. The van der Waals surface area contributed by atoms with Crippen LogP contribution in [-0.4, -0.2) is 39.4 Å². The normalized spacial score (nSPS) is 14.5. The Morgan fingerprint density at radius 2 is 2.00 bits per heavy atom. The second kappa shape index (κ2) is 4.42. The van der Waals surface area contributed by atoms with Crippen molar-refractivity contribution in [2.45, 2.75) is 6.92 Å². The lowest BCUT2D eigenvalue weighted by atomic mass is 10.5. The second-order valence-corrected chi connectivity index (χ2v) is 4.45. The summed E-state index contributed by atoms with van der Waals surface area (Å²) >= 11 is 1.22. The molecule has 2 rings (SSSR count). The van der Waals surface area contributed by atoms with Gasteiger partial charge in [0.2, 0.25) is 11.0 Å². The SMILES string of the molecule is Cc1nnc(NC(=O)CN2C(=O)C=CC2=O)s1. The Morgan fingerprint density at radius 3 is 2.53 bits per heavy atom. The molecule has 1 N–H and O–H groups in total. The number of nitrogens with one attached hydrogen (secondary N) is 1. The van der Waals surface area contributed by atoms with Crippen molar-refractivity contribution in [1.29, 1.82) is 0 Å². The Bertz CT molecular complexity index is 504. The van der Waals surface area contributed by atoms with Crippen LogP contribution in [-0.2, 0) is 14.4 Å². The van der Waals surface area contributed by atoms with E-state index in [1.165, 1.54) is 11.3 Å². The molecule has 88 valence electrons. The molecule has 0 atom stereocenters. The maximum Gasteiger partial charge on any atom is 0.254 e. The fourth-order valence-electron chi connectivity index (χ4n) is 1.24. The summed E-state index contributed by atoms with van der Waals surface area (Å²) < 4.78 is 0. The van der Waals surface area contributed by atoms with E-state index >= 15 is 0 Å². The first-order valence-corrected chi connectivity index (χ1v) is 5.51. The van der Waals surface area contributed by atoms with Crippen LogP contribution < -0.4 is 5.32 Å². The van der Waals surface area contributed by atoms with Crippen LogP contribution in [0.15, 0.2) is 12.2 Å². The zero-order valence-corrected chi connectivity index (χ0v) is 9.65. The molecule has 2 heterocycles. The third-order valence-electron chi connectivity index (χ3n) is 1.97. The Labute approximate surface area is 100 Å². The number of imide groups is 1. The van der Waals surface area contributed by atoms with Crippen molar-refractivity contribution in [2.75, 3.05) is 11.9 Å². The van der Waals surface area contributed by atoms with E-state index in [4.69, 9.17) is 0 Å². The Kier molecular flexibility index (Phi) is 2.96. The molecule has 0 spiro atoms. The lowest BCUT2D eigenvalue weighted by Gasteiger charge is -2.11. The highest BCUT2D eigenvalue weighted by Gasteiger charge is 2.25. The van der Waals surface area contributed by atoms with Crippen molar-refractivity contribution in [3.05, 3.63) is 17.2 Å². The standard InChI is InChI=1S/C9H8N4O3S/c1-5-11-12-9(17-5)10-6(14)4-13-7(15)2-3-8(13)16/h2-3H,4H2,1H3,(H,10,12,14). The van der Waals surface area contributed by atoms with E-state index in [0.29, 0.717) is 5.13 Å². The molecule has 8 heteroatoms. The zero-order chi connectivity index (χ0) is 12.4. The predicted octanol–water partition coefficient (Wildman–Crippen LogP) is -0.290. The van der Waals surface area contributed by atoms with Crippen LogP contribution >= 0.6 is 11.3 Å². The van der Waals surface area contributed by atoms with E-state index < -0.39 is 17.7 Å². The summed E-state index contributed by atoms with van der Waals surface area (Å²) in [4.78, 5) is 34.8. The van der Waals surface area contributed by atoms with Gasteiger partial charge in [0.05, 0.1) is 0 Å². The van der Waals surface area contributed by atoms with E-state index in [-0.39, 0.29) is 6.54 Å². The summed E-state index contributed by atoms with van der Waals surface area (Å²) in [5.74, 6) is -1.45. The van der Waals surface area contributed by atoms with Crippen LogP contribution in [0, 0.1) is 6.92 Å². The van der Waals surface area contributed by atoms with Gasteiger partial charge >= 0.3 is 0 Å². The predicted molar refractivity (Wildman–Crippen MR) is 59.1 cm³/mol. The van der Waals surface area contributed by atoms with Gasteiger partial charge in [-0.1, -0.05) is 11.3 Å². The lowest BCUT2D eigenvalue weighted by molar-refractivity contribution is -0.139. The molecule has 0 radical (unpaired) electrons. The molecule has 17 heavy (non-hydrogen) atoms. The number of nitrogens with zero attached hydrogens (tertiary/aromatic N) is 3. The van der Waals surface area contributed by atoms with E-state index in [9.17, 15) is 14.4 Å². The van der Waals surface area contributed by atoms with Crippen molar-refractivity contribution in [2.24, 2.45) is 0 Å². The fraction of sp³-hybridized carbons (Fsp3) is 0.222. The number of amides is 3. The van der Waals surface area contributed by atoms with Crippen LogP contribution in [0.3, 0.4) is 0 Å². The smallest absolute Gasteiger partial charge is 0.254 e. The molecule has 0 aliphatic carbocycles. The number of aromatic nitrogens is 2. The Morgan fingerprint density at radius 1 is 1.35 bits per heavy atom. The minimum absolute atomic E-state index is 0.316. The first-order chi connectivity index (χ1) is 8.06. The first-order valence-electron chi connectivity index (χ1n) is 4.70. The van der Waals surface area contributed by atoms with Gasteiger partial charge in [0, 0.05) is 12.2 Å². The summed E-state index contributed by atoms with van der Waals surface area (Å²) in [6.45, 7) is 1.44. The van der Waals surface area contributed by atoms with E-state index in [0.717, 1.165) is 22.1 Å². The van der Waals surface area contributed by atoms with Gasteiger partial charge in [-0.05, 0) is 6.92 Å². The third kappa shape index (κ3) is 2.53. The fourth-order valence-corrected chi connectivity index (χ4v) is 1.84. The summed E-state index contributed by atoms with van der Waals surface area (Å²) in [5, 5.41) is 11.0. The molecule has 1 aliphatic heterocycles. The molecule has 0 saturated carbocycles. The van der Waals surface area contributed by atoms with E-state index in [2.05, 4.69) is 15.5 Å². The number of carbonyl (C=O) groups excluding carboxylic acids is 3. The topological polar surface area (TPSA) is 92.3 Å². The van der Waals surface area contributed by atoms with Gasteiger partial charge in [-0.15, -0.1) is 10.2 Å². The van der Waals surface area contributed by atoms with Crippen molar-refractivity contribution < 1.29 is 14.4 Å². The van der Waals surface area contributed by atoms with Crippen LogP contribution in [0.25, 0.3) is 0 Å². The maximum atomic E-state index is 11.5. The summed E-state index contributed by atoms with van der Waals surface area (Å²) in [6.07, 6.45) is 2.26. The summed E-state index contributed by atoms with van der Waals surface area (Å²) in [7, 11) is 0. The molecule has 0 fully saturated rings. The highest BCUT2D eigenvalue weighted by molar-refractivity contribution is 7.15. The molecule has 0 aromatic carbocycles. The van der Waals surface area contributed by atoms with Crippen molar-refractivity contribution in [3.8, 4) is 0 Å². The minimum atomic E-state index is -0.487. The van der Waals surface area contributed by atoms with Crippen LogP contribution in [0.5, 0.6) is 0 Å². The molecule has 7 nitrogen and oxygen atoms in total. The van der Waals surface area contributed by atoms with Gasteiger partial charge in [-0.2, -0.15) is 0 Å². The van der Waals surface area contributed by atoms with Crippen molar-refractivity contribution in [3.63, 3.8) is 0 Å². The van der Waals surface area contributed by atoms with Crippen molar-refractivity contribution >= 4 is 34.2 Å². The van der Waals surface area contributed by atoms with Gasteiger partial charge in [0.1, 0.15) is 11.6 Å². The number of hydrogen-bond donors (Lipinski definition) is 1. The largest absolute Gasteiger partial charge is 0.299 e. The highest BCUT2D eigenvalue weighted by Crippen LogP contribution is 2.13. The number of rotatable bonds is 3. The maximum absolute atomic E-state index is 11.5. The molecule has 1 aromatic heterocycles. The zero-order valence-electron chi connectivity index (χ0n) is 8.84. The Hall–Kier alpha value is -2.09. The molecule has 0 saturated heterocycles. The molecule has 1 aliphatic rings. The van der Waals surface area contributed by atoms with Crippen LogP contribution in [0.2, 0.25) is 0 Å². The van der Waals surface area contributed by atoms with Gasteiger partial charge in [0.15, 0.2) is 0 Å². The lowest BCUT2D eigenvalue weighted by Crippen LogP contribution is -2.37. The quantitative estimate of drug-likeness (QED) is 0.746. The number of aryl methyl sites for hydroxylation is 1. The molecule has 1 aromatic rings. The number of carbonyl (C=O) groups is 3. The second-order valence-electron chi connectivity index (χ2n) is 3.27. The van der Waals surface area contributed by atoms with Gasteiger partial charge in [-0.3, -0.25) is 24.6 Å². The van der Waals surface area contributed by atoms with Gasteiger partial charge in [0.25, 0.3) is 11.8 Å².